The number of ether oxygens (including phenoxy) is 1. The molecule has 0 bridgehead atoms. The van der Waals surface area contributed by atoms with Crippen molar-refractivity contribution in [1.29, 1.82) is 0 Å². The van der Waals surface area contributed by atoms with Gasteiger partial charge in [0.15, 0.2) is 0 Å². The number of imide groups is 1. The topological polar surface area (TPSA) is 89.7 Å². The highest BCUT2D eigenvalue weighted by Gasteiger charge is 2.38. The van der Waals surface area contributed by atoms with Crippen molar-refractivity contribution in [1.82, 2.24) is 5.16 Å². The molecule has 4 rings (SSSR count). The van der Waals surface area contributed by atoms with Crippen LogP contribution in [0.4, 0.5) is 5.69 Å². The minimum Gasteiger partial charge on any atom is -0.455 e. The summed E-state index contributed by atoms with van der Waals surface area (Å²) in [6, 6.07) is 12.4. The number of hydrogen-bond donors (Lipinski definition) is 0. The molecule has 8 heteroatoms. The van der Waals surface area contributed by atoms with E-state index in [1.165, 1.54) is 18.2 Å². The van der Waals surface area contributed by atoms with E-state index in [1.54, 1.807) is 37.3 Å². The Bertz CT molecular complexity index is 1120. The van der Waals surface area contributed by atoms with Crippen molar-refractivity contribution in [3.63, 3.8) is 0 Å². The van der Waals surface area contributed by atoms with E-state index in [0.29, 0.717) is 17.1 Å². The van der Waals surface area contributed by atoms with E-state index in [4.69, 9.17) is 20.9 Å². The molecular formula is C20H13ClN2O5. The molecule has 28 heavy (non-hydrogen) atoms. The van der Waals surface area contributed by atoms with E-state index < -0.39 is 17.8 Å². The van der Waals surface area contributed by atoms with E-state index in [-0.39, 0.29) is 28.3 Å². The van der Waals surface area contributed by atoms with Crippen LogP contribution in [0.5, 0.6) is 0 Å². The normalized spacial score (nSPS) is 13.0. The van der Waals surface area contributed by atoms with Crippen molar-refractivity contribution in [3.05, 3.63) is 81.7 Å². The Kier molecular flexibility index (Phi) is 4.44. The number of esters is 1. The molecule has 0 N–H and O–H groups in total. The van der Waals surface area contributed by atoms with Crippen LogP contribution in [0, 0.1) is 6.92 Å². The number of halogens is 1. The van der Waals surface area contributed by atoms with Gasteiger partial charge in [-0.1, -0.05) is 28.9 Å². The van der Waals surface area contributed by atoms with Gasteiger partial charge >= 0.3 is 5.97 Å². The molecule has 0 radical (unpaired) electrons. The Morgan fingerprint density at radius 3 is 2.57 bits per heavy atom. The maximum absolute atomic E-state index is 12.8. The first-order valence-corrected chi connectivity index (χ1v) is 8.70. The molecule has 0 spiro atoms. The number of carbonyl (C=O) groups excluding carboxylic acids is 3. The zero-order valence-corrected chi connectivity index (χ0v) is 15.4. The first-order valence-electron chi connectivity index (χ1n) is 8.32. The lowest BCUT2D eigenvalue weighted by Crippen LogP contribution is -2.29. The quantitative estimate of drug-likeness (QED) is 0.492. The van der Waals surface area contributed by atoms with Crippen molar-refractivity contribution < 1.29 is 23.6 Å². The number of fused-ring (bicyclic) bond motifs is 1. The highest BCUT2D eigenvalue weighted by Crippen LogP contribution is 2.33. The molecule has 0 atom stereocenters. The fraction of sp³-hybridized carbons (Fsp3) is 0.100. The highest BCUT2D eigenvalue weighted by molar-refractivity contribution is 6.39. The van der Waals surface area contributed by atoms with Crippen LogP contribution >= 0.6 is 11.6 Å². The average Bonchev–Trinajstić information content (AvgIpc) is 3.21. The Morgan fingerprint density at radius 1 is 1.11 bits per heavy atom. The number of hydrogen-bond acceptors (Lipinski definition) is 6. The van der Waals surface area contributed by atoms with Gasteiger partial charge in [0.1, 0.15) is 18.1 Å². The van der Waals surface area contributed by atoms with Crippen LogP contribution in [-0.4, -0.2) is 22.9 Å². The molecule has 0 fully saturated rings. The van der Waals surface area contributed by atoms with E-state index in [2.05, 4.69) is 5.16 Å². The third kappa shape index (κ3) is 3.05. The second kappa shape index (κ2) is 6.94. The van der Waals surface area contributed by atoms with Gasteiger partial charge in [0.2, 0.25) is 0 Å². The number of aromatic nitrogens is 1. The number of carbonyl (C=O) groups is 3. The maximum Gasteiger partial charge on any atom is 0.338 e. The molecule has 140 valence electrons. The Morgan fingerprint density at radius 2 is 1.86 bits per heavy atom. The standard InChI is InChI=1S/C20H13ClN2O5/c1-11-8-13(22-28-11)10-27-20(26)12-6-7-14-15(9-12)19(25)23(18(14)24)17-5-3-2-4-16(17)21/h2-9H,10H2,1H3. The molecule has 0 saturated heterocycles. The summed E-state index contributed by atoms with van der Waals surface area (Å²) in [5, 5.41) is 4.02. The van der Waals surface area contributed by atoms with Gasteiger partial charge < -0.3 is 9.26 Å². The number of amides is 2. The number of anilines is 1. The number of benzene rings is 2. The van der Waals surface area contributed by atoms with E-state index >= 15 is 0 Å². The first-order chi connectivity index (χ1) is 13.5. The lowest BCUT2D eigenvalue weighted by atomic mass is 10.1. The summed E-state index contributed by atoms with van der Waals surface area (Å²) in [5.41, 5.74) is 1.25. The van der Waals surface area contributed by atoms with Gasteiger partial charge in [-0.05, 0) is 37.3 Å². The van der Waals surface area contributed by atoms with Crippen LogP contribution in [0.2, 0.25) is 5.02 Å². The lowest BCUT2D eigenvalue weighted by Gasteiger charge is -2.15. The minimum absolute atomic E-state index is 0.0636. The molecule has 2 heterocycles. The molecule has 1 aliphatic heterocycles. The second-order valence-corrected chi connectivity index (χ2v) is 6.57. The summed E-state index contributed by atoms with van der Waals surface area (Å²) in [6.07, 6.45) is 0. The van der Waals surface area contributed by atoms with Gasteiger partial charge in [-0.2, -0.15) is 0 Å². The van der Waals surface area contributed by atoms with Crippen LogP contribution in [-0.2, 0) is 11.3 Å². The van der Waals surface area contributed by atoms with Crippen LogP contribution in [0.1, 0.15) is 42.5 Å². The van der Waals surface area contributed by atoms with Crippen molar-refractivity contribution >= 4 is 35.1 Å². The number of nitrogens with zero attached hydrogens (tertiary/aromatic N) is 2. The molecule has 1 aromatic heterocycles. The predicted octanol–water partition coefficient (Wildman–Crippen LogP) is 3.79. The largest absolute Gasteiger partial charge is 0.455 e. The van der Waals surface area contributed by atoms with Gasteiger partial charge in [0.05, 0.1) is 27.4 Å². The fourth-order valence-electron chi connectivity index (χ4n) is 2.93. The molecule has 3 aromatic rings. The Balaban J connectivity index is 1.58. The summed E-state index contributed by atoms with van der Waals surface area (Å²) < 4.78 is 10.1. The van der Waals surface area contributed by atoms with Gasteiger partial charge in [-0.3, -0.25) is 9.59 Å². The summed E-state index contributed by atoms with van der Waals surface area (Å²) >= 11 is 6.13. The molecule has 1 aliphatic rings. The number of rotatable bonds is 4. The molecule has 2 amide bonds. The first kappa shape index (κ1) is 17.9. The Labute approximate surface area is 164 Å². The maximum atomic E-state index is 12.8. The molecule has 0 saturated carbocycles. The molecule has 2 aromatic carbocycles. The Hall–Kier alpha value is -3.45. The van der Waals surface area contributed by atoms with Gasteiger partial charge in [0, 0.05) is 6.07 Å². The molecule has 0 unspecified atom stereocenters. The van der Waals surface area contributed by atoms with Crippen molar-refractivity contribution in [2.75, 3.05) is 4.90 Å². The SMILES string of the molecule is Cc1cc(COC(=O)c2ccc3c(c2)C(=O)N(c2ccccc2Cl)C3=O)no1. The lowest BCUT2D eigenvalue weighted by molar-refractivity contribution is 0.0464. The smallest absolute Gasteiger partial charge is 0.338 e. The molecular weight excluding hydrogens is 384 g/mol. The second-order valence-electron chi connectivity index (χ2n) is 6.16. The van der Waals surface area contributed by atoms with Crippen molar-refractivity contribution in [3.8, 4) is 0 Å². The molecule has 7 nitrogen and oxygen atoms in total. The zero-order chi connectivity index (χ0) is 19.8. The monoisotopic (exact) mass is 396 g/mol. The van der Waals surface area contributed by atoms with Crippen LogP contribution in [0.15, 0.2) is 53.1 Å². The van der Waals surface area contributed by atoms with E-state index in [0.717, 1.165) is 4.90 Å². The summed E-state index contributed by atoms with van der Waals surface area (Å²) in [7, 11) is 0. The van der Waals surface area contributed by atoms with Crippen molar-refractivity contribution in [2.45, 2.75) is 13.5 Å². The van der Waals surface area contributed by atoms with Crippen LogP contribution in [0.3, 0.4) is 0 Å². The van der Waals surface area contributed by atoms with Crippen LogP contribution in [0.25, 0.3) is 0 Å². The fourth-order valence-corrected chi connectivity index (χ4v) is 3.15. The number of para-hydroxylation sites is 1. The van der Waals surface area contributed by atoms with E-state index in [9.17, 15) is 14.4 Å². The third-order valence-electron chi connectivity index (χ3n) is 4.24. The van der Waals surface area contributed by atoms with Crippen molar-refractivity contribution in [2.24, 2.45) is 0 Å². The van der Waals surface area contributed by atoms with Gasteiger partial charge in [-0.15, -0.1) is 0 Å². The third-order valence-corrected chi connectivity index (χ3v) is 4.56. The zero-order valence-electron chi connectivity index (χ0n) is 14.6. The minimum atomic E-state index is -0.639. The summed E-state index contributed by atoms with van der Waals surface area (Å²) in [4.78, 5) is 38.8. The average molecular weight is 397 g/mol. The summed E-state index contributed by atoms with van der Waals surface area (Å²) in [6.45, 7) is 1.66. The number of aryl methyl sites for hydroxylation is 1. The summed E-state index contributed by atoms with van der Waals surface area (Å²) in [5.74, 6) is -1.08. The van der Waals surface area contributed by atoms with E-state index in [1.807, 2.05) is 0 Å². The highest BCUT2D eigenvalue weighted by atomic mass is 35.5. The molecule has 0 aliphatic carbocycles. The van der Waals surface area contributed by atoms with Crippen LogP contribution < -0.4 is 4.90 Å². The predicted molar refractivity (Wildman–Crippen MR) is 99.4 cm³/mol. The van der Waals surface area contributed by atoms with Gasteiger partial charge in [-0.25, -0.2) is 9.69 Å². The van der Waals surface area contributed by atoms with Gasteiger partial charge in [0.25, 0.3) is 11.8 Å².